The van der Waals surface area contributed by atoms with Gasteiger partial charge in [-0.2, -0.15) is 0 Å². The maximum atomic E-state index is 8.92. The van der Waals surface area contributed by atoms with Crippen molar-refractivity contribution >= 4 is 17.6 Å². The zero-order valence-corrected chi connectivity index (χ0v) is 22.5. The lowest BCUT2D eigenvalue weighted by Gasteiger charge is -2.46. The number of nitrogens with zero attached hydrogens (tertiary/aromatic N) is 3. The van der Waals surface area contributed by atoms with Crippen LogP contribution in [0.4, 0.5) is 0 Å². The number of alkyl halides is 1. The molecule has 3 aliphatic heterocycles. The summed E-state index contributed by atoms with van der Waals surface area (Å²) < 4.78 is 0. The second kappa shape index (κ2) is 10.4. The van der Waals surface area contributed by atoms with Crippen LogP contribution >= 0.6 is 11.6 Å². The molecule has 7 unspecified atom stereocenters. The lowest BCUT2D eigenvalue weighted by atomic mass is 9.71. The SMILES string of the molecule is CC(C)C1CCCCC1C1NCC2C(N1)N(CC1CCC(N3NC(Cl)CC3C)CC1)C(=N)N2C. The van der Waals surface area contributed by atoms with Crippen molar-refractivity contribution in [3.8, 4) is 0 Å². The van der Waals surface area contributed by atoms with E-state index in [1.165, 1.54) is 51.4 Å². The molecule has 3 heterocycles. The molecule has 5 fully saturated rings. The third-order valence-electron chi connectivity index (χ3n) is 9.84. The molecule has 34 heavy (non-hydrogen) atoms. The van der Waals surface area contributed by atoms with Crippen molar-refractivity contribution in [2.24, 2.45) is 23.7 Å². The molecule has 3 saturated heterocycles. The van der Waals surface area contributed by atoms with Crippen molar-refractivity contribution < 1.29 is 0 Å². The smallest absolute Gasteiger partial charge is 0.195 e. The maximum Gasteiger partial charge on any atom is 0.195 e. The van der Waals surface area contributed by atoms with Crippen LogP contribution < -0.4 is 16.1 Å². The summed E-state index contributed by atoms with van der Waals surface area (Å²) in [6, 6.07) is 1.47. The van der Waals surface area contributed by atoms with Gasteiger partial charge in [-0.3, -0.25) is 16.0 Å². The van der Waals surface area contributed by atoms with Crippen LogP contribution in [0.5, 0.6) is 0 Å². The van der Waals surface area contributed by atoms with Gasteiger partial charge in [-0.05, 0) is 75.5 Å². The Hall–Kier alpha value is -0.600. The second-order valence-corrected chi connectivity index (χ2v) is 12.8. The van der Waals surface area contributed by atoms with Crippen LogP contribution in [0.15, 0.2) is 0 Å². The fourth-order valence-corrected chi connectivity index (χ4v) is 8.23. The lowest BCUT2D eigenvalue weighted by Crippen LogP contribution is -2.67. The van der Waals surface area contributed by atoms with Gasteiger partial charge in [-0.1, -0.05) is 26.7 Å². The first-order chi connectivity index (χ1) is 16.3. The molecular weight excluding hydrogens is 446 g/mol. The summed E-state index contributed by atoms with van der Waals surface area (Å²) in [6.45, 7) is 9.09. The van der Waals surface area contributed by atoms with Gasteiger partial charge in [-0.25, -0.2) is 10.4 Å². The van der Waals surface area contributed by atoms with Gasteiger partial charge in [0.1, 0.15) is 6.17 Å². The van der Waals surface area contributed by atoms with Gasteiger partial charge in [0.05, 0.1) is 17.7 Å². The van der Waals surface area contributed by atoms with Crippen molar-refractivity contribution in [2.75, 3.05) is 20.1 Å². The fourth-order valence-electron chi connectivity index (χ4n) is 7.86. The quantitative estimate of drug-likeness (QED) is 0.347. The minimum absolute atomic E-state index is 0.0867. The molecule has 5 aliphatic rings. The zero-order valence-electron chi connectivity index (χ0n) is 21.8. The van der Waals surface area contributed by atoms with Crippen LogP contribution in [0.2, 0.25) is 0 Å². The Labute approximate surface area is 212 Å². The van der Waals surface area contributed by atoms with Gasteiger partial charge in [0.2, 0.25) is 0 Å². The van der Waals surface area contributed by atoms with E-state index < -0.39 is 0 Å². The standard InChI is InChI=1S/C26H48ClN7/c1-16(2)20-7-5-6-8-21(20)24-29-14-22-25(30-24)33(26(28)32(22)4)15-18-9-11-19(12-10-18)34-17(3)13-23(27)31-34/h16-25,28-31H,5-15H2,1-4H3. The van der Waals surface area contributed by atoms with Crippen molar-refractivity contribution in [2.45, 2.75) is 115 Å². The number of nitrogens with one attached hydrogen (secondary N) is 4. The highest BCUT2D eigenvalue weighted by atomic mass is 35.5. The van der Waals surface area contributed by atoms with E-state index in [1.807, 2.05) is 0 Å². The molecule has 194 valence electrons. The molecule has 0 amide bonds. The molecular formula is C26H48ClN7. The molecule has 0 radical (unpaired) electrons. The minimum atomic E-state index is 0.0867. The highest BCUT2D eigenvalue weighted by Gasteiger charge is 2.48. The van der Waals surface area contributed by atoms with Crippen LogP contribution in [0, 0.1) is 29.1 Å². The van der Waals surface area contributed by atoms with Crippen molar-refractivity contribution in [1.29, 1.82) is 5.41 Å². The monoisotopic (exact) mass is 493 g/mol. The number of halogens is 1. The summed E-state index contributed by atoms with van der Waals surface area (Å²) in [4.78, 5) is 4.60. The highest BCUT2D eigenvalue weighted by Crippen LogP contribution is 2.38. The molecule has 8 heteroatoms. The average molecular weight is 494 g/mol. The molecule has 5 rings (SSSR count). The Morgan fingerprint density at radius 1 is 1.09 bits per heavy atom. The summed E-state index contributed by atoms with van der Waals surface area (Å²) in [6.07, 6.45) is 12.0. The maximum absolute atomic E-state index is 8.92. The topological polar surface area (TPSA) is 69.7 Å². The van der Waals surface area contributed by atoms with E-state index in [2.05, 4.69) is 58.7 Å². The molecule has 7 atom stereocenters. The molecule has 2 saturated carbocycles. The molecule has 0 bridgehead atoms. The van der Waals surface area contributed by atoms with E-state index in [4.69, 9.17) is 17.0 Å². The lowest BCUT2D eigenvalue weighted by molar-refractivity contribution is 0.0547. The summed E-state index contributed by atoms with van der Waals surface area (Å²) in [7, 11) is 2.11. The average Bonchev–Trinajstić information content (AvgIpc) is 3.30. The molecule has 7 nitrogen and oxygen atoms in total. The third kappa shape index (κ3) is 4.84. The molecule has 0 aromatic rings. The first-order valence-electron chi connectivity index (χ1n) is 14.1. The molecule has 0 aromatic heterocycles. The molecule has 0 spiro atoms. The molecule has 2 aliphatic carbocycles. The Kier molecular flexibility index (Phi) is 7.67. The molecule has 0 aromatic carbocycles. The van der Waals surface area contributed by atoms with Crippen molar-refractivity contribution in [3.63, 3.8) is 0 Å². The van der Waals surface area contributed by atoms with Crippen LogP contribution in [-0.2, 0) is 0 Å². The second-order valence-electron chi connectivity index (χ2n) is 12.3. The van der Waals surface area contributed by atoms with Gasteiger partial charge in [-0.15, -0.1) is 11.6 Å². The van der Waals surface area contributed by atoms with Gasteiger partial charge in [0.15, 0.2) is 5.96 Å². The largest absolute Gasteiger partial charge is 0.338 e. The van der Waals surface area contributed by atoms with Crippen LogP contribution in [-0.4, -0.2) is 76.9 Å². The predicted octanol–water partition coefficient (Wildman–Crippen LogP) is 3.57. The number of likely N-dealkylation sites (N-methyl/N-ethyl adjacent to an activating group) is 1. The van der Waals surface area contributed by atoms with Crippen molar-refractivity contribution in [1.82, 2.24) is 30.9 Å². The van der Waals surface area contributed by atoms with Crippen LogP contribution in [0.25, 0.3) is 0 Å². The van der Waals surface area contributed by atoms with Crippen LogP contribution in [0.3, 0.4) is 0 Å². The van der Waals surface area contributed by atoms with Gasteiger partial charge in [0, 0.05) is 32.2 Å². The number of fused-ring (bicyclic) bond motifs is 1. The zero-order chi connectivity index (χ0) is 24.0. The number of rotatable bonds is 5. The third-order valence-corrected chi connectivity index (χ3v) is 10.1. The fraction of sp³-hybridized carbons (Fsp3) is 0.962. The Bertz CT molecular complexity index is 711. The predicted molar refractivity (Wildman–Crippen MR) is 139 cm³/mol. The van der Waals surface area contributed by atoms with E-state index in [9.17, 15) is 0 Å². The number of guanidine groups is 1. The van der Waals surface area contributed by atoms with E-state index in [1.54, 1.807) is 0 Å². The summed E-state index contributed by atoms with van der Waals surface area (Å²) in [5.74, 6) is 3.61. The first-order valence-corrected chi connectivity index (χ1v) is 14.5. The first kappa shape index (κ1) is 25.1. The normalized spacial score (nSPS) is 44.2. The Balaban J connectivity index is 1.20. The summed E-state index contributed by atoms with van der Waals surface area (Å²) in [5, 5.41) is 19.3. The van der Waals surface area contributed by atoms with Gasteiger partial charge in [0.25, 0.3) is 0 Å². The summed E-state index contributed by atoms with van der Waals surface area (Å²) in [5.41, 5.74) is 3.58. The van der Waals surface area contributed by atoms with Gasteiger partial charge < -0.3 is 9.80 Å². The van der Waals surface area contributed by atoms with E-state index in [0.29, 0.717) is 42.1 Å². The van der Waals surface area contributed by atoms with E-state index in [0.717, 1.165) is 31.3 Å². The highest BCUT2D eigenvalue weighted by molar-refractivity contribution is 6.20. The number of hydrazine groups is 1. The minimum Gasteiger partial charge on any atom is -0.338 e. The molecule has 4 N–H and O–H groups in total. The number of hydrogen-bond donors (Lipinski definition) is 4. The van der Waals surface area contributed by atoms with Gasteiger partial charge >= 0.3 is 0 Å². The Morgan fingerprint density at radius 3 is 2.50 bits per heavy atom. The Morgan fingerprint density at radius 2 is 1.82 bits per heavy atom. The van der Waals surface area contributed by atoms with Crippen molar-refractivity contribution in [3.05, 3.63) is 0 Å². The van der Waals surface area contributed by atoms with E-state index in [-0.39, 0.29) is 11.7 Å². The van der Waals surface area contributed by atoms with Crippen LogP contribution in [0.1, 0.15) is 78.6 Å². The van der Waals surface area contributed by atoms with E-state index >= 15 is 0 Å². The summed E-state index contributed by atoms with van der Waals surface area (Å²) >= 11 is 6.35. The number of hydrogen-bond acceptors (Lipinski definition) is 5.